The molecule has 1 spiro atoms. The van der Waals surface area contributed by atoms with Crippen molar-refractivity contribution >= 4 is 11.7 Å². The number of hydrogen-bond acceptors (Lipinski definition) is 4. The molecule has 4 saturated carbocycles. The van der Waals surface area contributed by atoms with E-state index in [1.54, 1.807) is 0 Å². The Hall–Kier alpha value is -1.58. The van der Waals surface area contributed by atoms with E-state index in [4.69, 9.17) is 4.74 Å². The molecule has 4 nitrogen and oxygen atoms in total. The van der Waals surface area contributed by atoms with E-state index in [0.717, 1.165) is 37.3 Å². The molecule has 0 amide bonds. The zero-order chi connectivity index (χ0) is 19.3. The molecule has 0 aromatic rings. The van der Waals surface area contributed by atoms with Crippen LogP contribution in [0.25, 0.3) is 0 Å². The Morgan fingerprint density at radius 1 is 1.29 bits per heavy atom. The van der Waals surface area contributed by atoms with Gasteiger partial charge in [0.1, 0.15) is 5.60 Å². The second-order valence-electron chi connectivity index (χ2n) is 10.7. The van der Waals surface area contributed by atoms with Crippen molar-refractivity contribution in [2.75, 3.05) is 0 Å². The SMILES string of the molecule is C=C[C@H]1CC2=C/C(=N/O)CC[C@@H]2C2CC[C@@]3(C)C(C21)[C@H]1C[C@H]1[C@@]31CCC(=O)O1. The van der Waals surface area contributed by atoms with Gasteiger partial charge in [-0.15, -0.1) is 6.58 Å². The van der Waals surface area contributed by atoms with Crippen LogP contribution in [-0.2, 0) is 9.53 Å². The summed E-state index contributed by atoms with van der Waals surface area (Å²) in [5, 5.41) is 12.8. The average molecular weight is 382 g/mol. The molecule has 4 heteroatoms. The molecule has 9 atom stereocenters. The number of carbonyl (C=O) groups excluding carboxylic acids is 1. The molecule has 5 aliphatic carbocycles. The van der Waals surface area contributed by atoms with Gasteiger partial charge in [0.15, 0.2) is 0 Å². The number of allylic oxidation sites excluding steroid dienone is 3. The minimum Gasteiger partial charge on any atom is -0.458 e. The summed E-state index contributed by atoms with van der Waals surface area (Å²) < 4.78 is 6.20. The Labute approximate surface area is 167 Å². The van der Waals surface area contributed by atoms with E-state index in [0.29, 0.717) is 41.9 Å². The fraction of sp³-hybridized carbons (Fsp3) is 0.750. The molecular weight excluding hydrogens is 350 g/mol. The molecule has 0 aromatic heterocycles. The van der Waals surface area contributed by atoms with Crippen molar-refractivity contribution in [3.05, 3.63) is 24.3 Å². The van der Waals surface area contributed by atoms with Crippen molar-refractivity contribution in [3.8, 4) is 0 Å². The standard InChI is InChI=1S/C24H31NO3/c1-3-13-10-14-11-15(25-27)4-5-16(14)17-6-8-23(2)22(21(13)17)18-12-19(18)24(23)9-7-20(26)28-24/h3,11,13,16-19,21-22,27H,1,4-10,12H2,2H3/b25-15+/t13-,16-,17?,18-,19+,21?,22?,23-,24-/m0/s1. The van der Waals surface area contributed by atoms with Crippen LogP contribution < -0.4 is 0 Å². The third kappa shape index (κ3) is 1.92. The summed E-state index contributed by atoms with van der Waals surface area (Å²) >= 11 is 0. The van der Waals surface area contributed by atoms with Crippen LogP contribution in [0.4, 0.5) is 0 Å². The van der Waals surface area contributed by atoms with Gasteiger partial charge in [-0.1, -0.05) is 23.7 Å². The van der Waals surface area contributed by atoms with Crippen molar-refractivity contribution in [3.63, 3.8) is 0 Å². The first kappa shape index (κ1) is 17.3. The number of ether oxygens (including phenoxy) is 1. The topological polar surface area (TPSA) is 58.9 Å². The lowest BCUT2D eigenvalue weighted by molar-refractivity contribution is -0.175. The van der Waals surface area contributed by atoms with Crippen LogP contribution in [0.15, 0.2) is 29.5 Å². The third-order valence-electron chi connectivity index (χ3n) is 9.96. The van der Waals surface area contributed by atoms with E-state index in [9.17, 15) is 10.0 Å². The zero-order valence-electron chi connectivity index (χ0n) is 16.8. The maximum Gasteiger partial charge on any atom is 0.306 e. The smallest absolute Gasteiger partial charge is 0.306 e. The maximum absolute atomic E-state index is 12.2. The molecule has 0 radical (unpaired) electrons. The Balaban J connectivity index is 1.41. The fourth-order valence-corrected chi connectivity index (χ4v) is 8.96. The normalized spacial score (nSPS) is 55.0. The molecule has 1 heterocycles. The predicted octanol–water partition coefficient (Wildman–Crippen LogP) is 4.73. The molecule has 0 bridgehead atoms. The van der Waals surface area contributed by atoms with Gasteiger partial charge < -0.3 is 9.94 Å². The summed E-state index contributed by atoms with van der Waals surface area (Å²) in [6.45, 7) is 6.70. The number of oxime groups is 1. The first-order valence-corrected chi connectivity index (χ1v) is 11.3. The number of rotatable bonds is 1. The zero-order valence-corrected chi connectivity index (χ0v) is 16.8. The van der Waals surface area contributed by atoms with E-state index in [-0.39, 0.29) is 17.0 Å². The minimum atomic E-state index is -0.171. The van der Waals surface area contributed by atoms with Gasteiger partial charge >= 0.3 is 5.97 Å². The van der Waals surface area contributed by atoms with Gasteiger partial charge in [0.05, 0.1) is 5.71 Å². The van der Waals surface area contributed by atoms with Gasteiger partial charge in [0, 0.05) is 17.8 Å². The van der Waals surface area contributed by atoms with Crippen molar-refractivity contribution in [1.82, 2.24) is 0 Å². The Morgan fingerprint density at radius 2 is 2.14 bits per heavy atom. The van der Waals surface area contributed by atoms with Crippen molar-refractivity contribution in [2.24, 2.45) is 52.0 Å². The Kier molecular flexibility index (Phi) is 3.41. The van der Waals surface area contributed by atoms with Gasteiger partial charge in [0.25, 0.3) is 0 Å². The van der Waals surface area contributed by atoms with Gasteiger partial charge in [0.2, 0.25) is 0 Å². The Morgan fingerprint density at radius 3 is 2.86 bits per heavy atom. The lowest BCUT2D eigenvalue weighted by atomic mass is 9.46. The van der Waals surface area contributed by atoms with E-state index in [1.807, 2.05) is 0 Å². The second kappa shape index (κ2) is 5.52. The molecule has 6 rings (SSSR count). The highest BCUT2D eigenvalue weighted by molar-refractivity contribution is 5.96. The van der Waals surface area contributed by atoms with Crippen LogP contribution in [0.2, 0.25) is 0 Å². The van der Waals surface area contributed by atoms with E-state index < -0.39 is 0 Å². The summed E-state index contributed by atoms with van der Waals surface area (Å²) in [6, 6.07) is 0. The third-order valence-corrected chi connectivity index (χ3v) is 9.96. The monoisotopic (exact) mass is 381 g/mol. The lowest BCUT2D eigenvalue weighted by Crippen LogP contribution is -2.56. The molecule has 5 fully saturated rings. The predicted molar refractivity (Wildman–Crippen MR) is 106 cm³/mol. The highest BCUT2D eigenvalue weighted by Gasteiger charge is 2.79. The van der Waals surface area contributed by atoms with Crippen LogP contribution in [0, 0.1) is 46.8 Å². The number of esters is 1. The van der Waals surface area contributed by atoms with Crippen molar-refractivity contribution < 1.29 is 14.7 Å². The van der Waals surface area contributed by atoms with Gasteiger partial charge in [-0.05, 0) is 86.5 Å². The summed E-state index contributed by atoms with van der Waals surface area (Å²) in [6.07, 6.45) is 12.7. The summed E-state index contributed by atoms with van der Waals surface area (Å²) in [4.78, 5) is 12.2. The largest absolute Gasteiger partial charge is 0.458 e. The Bertz CT molecular complexity index is 815. The number of nitrogens with zero attached hydrogens (tertiary/aromatic N) is 1. The van der Waals surface area contributed by atoms with E-state index in [1.165, 1.54) is 24.8 Å². The van der Waals surface area contributed by atoms with E-state index in [2.05, 4.69) is 30.8 Å². The molecule has 28 heavy (non-hydrogen) atoms. The summed E-state index contributed by atoms with van der Waals surface area (Å²) in [5.74, 6) is 4.55. The van der Waals surface area contributed by atoms with E-state index >= 15 is 0 Å². The average Bonchev–Trinajstić information content (AvgIpc) is 3.35. The number of carbonyl (C=O) groups is 1. The molecule has 1 saturated heterocycles. The van der Waals surface area contributed by atoms with Gasteiger partial charge in [-0.25, -0.2) is 0 Å². The quantitative estimate of drug-likeness (QED) is 0.309. The van der Waals surface area contributed by atoms with Crippen molar-refractivity contribution in [2.45, 2.75) is 63.9 Å². The van der Waals surface area contributed by atoms with Crippen LogP contribution in [-0.4, -0.2) is 22.5 Å². The van der Waals surface area contributed by atoms with Crippen molar-refractivity contribution in [1.29, 1.82) is 0 Å². The minimum absolute atomic E-state index is 0.0342. The van der Waals surface area contributed by atoms with Gasteiger partial charge in [-0.2, -0.15) is 0 Å². The molecule has 6 aliphatic rings. The van der Waals surface area contributed by atoms with Gasteiger partial charge in [-0.3, -0.25) is 4.79 Å². The lowest BCUT2D eigenvalue weighted by Gasteiger charge is -2.59. The first-order valence-electron chi connectivity index (χ1n) is 11.3. The molecule has 150 valence electrons. The summed E-state index contributed by atoms with van der Waals surface area (Å²) in [7, 11) is 0. The van der Waals surface area contributed by atoms with Crippen LogP contribution in [0.5, 0.6) is 0 Å². The molecule has 0 aromatic carbocycles. The van der Waals surface area contributed by atoms with Crippen LogP contribution in [0.1, 0.15) is 58.3 Å². The highest BCUT2D eigenvalue weighted by atomic mass is 16.6. The number of hydrogen-bond donors (Lipinski definition) is 1. The summed E-state index contributed by atoms with van der Waals surface area (Å²) in [5.41, 5.74) is 2.30. The molecule has 1 N–H and O–H groups in total. The molecular formula is C24H31NO3. The van der Waals surface area contributed by atoms with Crippen LogP contribution >= 0.6 is 0 Å². The van der Waals surface area contributed by atoms with Crippen LogP contribution in [0.3, 0.4) is 0 Å². The fourth-order valence-electron chi connectivity index (χ4n) is 8.96. The second-order valence-corrected chi connectivity index (χ2v) is 10.7. The number of fused-ring (bicyclic) bond motifs is 9. The molecule has 1 aliphatic heterocycles. The molecule has 3 unspecified atom stereocenters. The highest BCUT2D eigenvalue weighted by Crippen LogP contribution is 2.78. The first-order chi connectivity index (χ1) is 13.5. The maximum atomic E-state index is 12.2.